The Kier molecular flexibility index (Phi) is 8.83. The number of aliphatic imine (C=N–C) groups is 1. The van der Waals surface area contributed by atoms with E-state index in [1.807, 2.05) is 55.1 Å². The predicted molar refractivity (Wildman–Crippen MR) is 138 cm³/mol. The van der Waals surface area contributed by atoms with Crippen LogP contribution < -0.4 is 15.5 Å². The van der Waals surface area contributed by atoms with Gasteiger partial charge in [-0.05, 0) is 37.5 Å². The molecule has 1 fully saturated rings. The van der Waals surface area contributed by atoms with Crippen LogP contribution in [0.25, 0.3) is 0 Å². The number of anilines is 1. The van der Waals surface area contributed by atoms with Crippen molar-refractivity contribution < 1.29 is 0 Å². The lowest BCUT2D eigenvalue weighted by molar-refractivity contribution is 0.458. The number of aromatic nitrogens is 4. The number of aryl methyl sites for hydroxylation is 1. The zero-order valence-corrected chi connectivity index (χ0v) is 20.9. The minimum atomic E-state index is 0. The third kappa shape index (κ3) is 6.41. The lowest BCUT2D eigenvalue weighted by Gasteiger charge is -2.33. The molecule has 3 aromatic rings. The molecule has 0 radical (unpaired) electrons. The van der Waals surface area contributed by atoms with Crippen LogP contribution in [0.2, 0.25) is 0 Å². The molecule has 2 aromatic heterocycles. The lowest BCUT2D eigenvalue weighted by Crippen LogP contribution is -2.48. The second-order valence-corrected chi connectivity index (χ2v) is 7.82. The number of benzene rings is 1. The summed E-state index contributed by atoms with van der Waals surface area (Å²) in [6, 6.07) is 16.7. The largest absolute Gasteiger partial charge is 0.356 e. The fourth-order valence-corrected chi connectivity index (χ4v) is 3.66. The maximum atomic E-state index is 4.83. The fourth-order valence-electron chi connectivity index (χ4n) is 3.66. The number of hydrogen-bond acceptors (Lipinski definition) is 5. The Hall–Kier alpha value is -2.69. The smallest absolute Gasteiger partial charge is 0.192 e. The average Bonchev–Trinajstić information content (AvgIpc) is 3.15. The van der Waals surface area contributed by atoms with Crippen molar-refractivity contribution in [3.63, 3.8) is 0 Å². The summed E-state index contributed by atoms with van der Waals surface area (Å²) in [5.41, 5.74) is 1.18. The summed E-state index contributed by atoms with van der Waals surface area (Å²) in [4.78, 5) is 11.6. The molecule has 4 rings (SSSR count). The summed E-state index contributed by atoms with van der Waals surface area (Å²) in [6.45, 7) is 5.10. The predicted octanol–water partition coefficient (Wildman–Crippen LogP) is 3.04. The topological polar surface area (TPSA) is 83.3 Å². The van der Waals surface area contributed by atoms with E-state index >= 15 is 0 Å². The Morgan fingerprint density at radius 1 is 1.06 bits per heavy atom. The summed E-state index contributed by atoms with van der Waals surface area (Å²) in [5.74, 6) is 3.64. The van der Waals surface area contributed by atoms with Gasteiger partial charge in [0.15, 0.2) is 11.8 Å². The molecule has 1 aromatic carbocycles. The second-order valence-electron chi connectivity index (χ2n) is 7.82. The van der Waals surface area contributed by atoms with E-state index in [9.17, 15) is 0 Å². The highest BCUT2D eigenvalue weighted by Gasteiger charge is 2.21. The molecule has 170 valence electrons. The van der Waals surface area contributed by atoms with Gasteiger partial charge in [-0.15, -0.1) is 34.2 Å². The van der Waals surface area contributed by atoms with Crippen LogP contribution in [0, 0.1) is 6.92 Å². The average molecular weight is 546 g/mol. The Bertz CT molecular complexity index is 982. The molecule has 3 heterocycles. The van der Waals surface area contributed by atoms with Crippen LogP contribution in [0.5, 0.6) is 0 Å². The van der Waals surface area contributed by atoms with Gasteiger partial charge in [-0.25, -0.2) is 9.98 Å². The van der Waals surface area contributed by atoms with Gasteiger partial charge >= 0.3 is 0 Å². The molecular weight excluding hydrogens is 515 g/mol. The zero-order chi connectivity index (χ0) is 21.5. The molecule has 1 aliphatic heterocycles. The Labute approximate surface area is 206 Å². The number of nitrogens with zero attached hydrogens (tertiary/aromatic N) is 6. The van der Waals surface area contributed by atoms with Gasteiger partial charge in [0, 0.05) is 32.4 Å². The molecule has 0 aliphatic carbocycles. The molecular formula is C23H31IN8. The summed E-state index contributed by atoms with van der Waals surface area (Å²) < 4.78 is 1.99. The van der Waals surface area contributed by atoms with Crippen LogP contribution in [0.1, 0.15) is 30.1 Å². The van der Waals surface area contributed by atoms with E-state index in [1.165, 1.54) is 5.56 Å². The third-order valence-corrected chi connectivity index (χ3v) is 5.67. The number of piperidine rings is 1. The minimum Gasteiger partial charge on any atom is -0.356 e. The van der Waals surface area contributed by atoms with Crippen LogP contribution in [-0.4, -0.2) is 44.8 Å². The van der Waals surface area contributed by atoms with Crippen LogP contribution >= 0.6 is 24.0 Å². The first-order valence-electron chi connectivity index (χ1n) is 10.8. The van der Waals surface area contributed by atoms with Gasteiger partial charge in [-0.1, -0.05) is 36.4 Å². The SMILES string of the molecule is Cc1nnc(CNC(=NCc2ccccc2)NC2CCN(c3ccccn3)CC2)n1C.I. The molecule has 0 amide bonds. The quantitative estimate of drug-likeness (QED) is 0.281. The highest BCUT2D eigenvalue weighted by Crippen LogP contribution is 2.17. The molecule has 2 N–H and O–H groups in total. The molecule has 8 nitrogen and oxygen atoms in total. The molecule has 9 heteroatoms. The molecule has 1 saturated heterocycles. The van der Waals surface area contributed by atoms with E-state index in [0.29, 0.717) is 19.1 Å². The van der Waals surface area contributed by atoms with E-state index in [-0.39, 0.29) is 24.0 Å². The van der Waals surface area contributed by atoms with E-state index in [1.54, 1.807) is 0 Å². The fraction of sp³-hybridized carbons (Fsp3) is 0.391. The highest BCUT2D eigenvalue weighted by molar-refractivity contribution is 14.0. The Morgan fingerprint density at radius 2 is 1.81 bits per heavy atom. The van der Waals surface area contributed by atoms with E-state index in [2.05, 4.69) is 48.9 Å². The zero-order valence-electron chi connectivity index (χ0n) is 18.6. The number of nitrogens with one attached hydrogen (secondary N) is 2. The van der Waals surface area contributed by atoms with Crippen molar-refractivity contribution in [2.24, 2.45) is 12.0 Å². The van der Waals surface area contributed by atoms with E-state index in [0.717, 1.165) is 49.4 Å². The summed E-state index contributed by atoms with van der Waals surface area (Å²) in [6.07, 6.45) is 3.92. The molecule has 0 bridgehead atoms. The van der Waals surface area contributed by atoms with Crippen molar-refractivity contribution in [1.29, 1.82) is 0 Å². The van der Waals surface area contributed by atoms with Crippen molar-refractivity contribution in [3.05, 3.63) is 71.9 Å². The van der Waals surface area contributed by atoms with Gasteiger partial charge in [-0.2, -0.15) is 0 Å². The molecule has 0 unspecified atom stereocenters. The number of guanidine groups is 1. The van der Waals surface area contributed by atoms with Gasteiger partial charge < -0.3 is 20.1 Å². The monoisotopic (exact) mass is 546 g/mol. The molecule has 32 heavy (non-hydrogen) atoms. The lowest BCUT2D eigenvalue weighted by atomic mass is 10.1. The molecule has 0 spiro atoms. The Balaban J connectivity index is 0.00000289. The normalized spacial score (nSPS) is 14.7. The number of pyridine rings is 1. The van der Waals surface area contributed by atoms with Crippen LogP contribution in [0.3, 0.4) is 0 Å². The van der Waals surface area contributed by atoms with Crippen molar-refractivity contribution in [1.82, 2.24) is 30.4 Å². The van der Waals surface area contributed by atoms with Crippen LogP contribution in [0.15, 0.2) is 59.7 Å². The van der Waals surface area contributed by atoms with Gasteiger partial charge in [0.05, 0.1) is 13.1 Å². The van der Waals surface area contributed by atoms with E-state index in [4.69, 9.17) is 4.99 Å². The van der Waals surface area contributed by atoms with Gasteiger partial charge in [0.2, 0.25) is 0 Å². The molecule has 0 atom stereocenters. The molecule has 0 saturated carbocycles. The first kappa shape index (κ1) is 24.0. The van der Waals surface area contributed by atoms with Gasteiger partial charge in [0.25, 0.3) is 0 Å². The Morgan fingerprint density at radius 3 is 2.47 bits per heavy atom. The van der Waals surface area contributed by atoms with Crippen molar-refractivity contribution in [2.45, 2.75) is 38.9 Å². The summed E-state index contributed by atoms with van der Waals surface area (Å²) >= 11 is 0. The van der Waals surface area contributed by atoms with Crippen molar-refractivity contribution in [3.8, 4) is 0 Å². The van der Waals surface area contributed by atoms with Gasteiger partial charge in [-0.3, -0.25) is 0 Å². The van der Waals surface area contributed by atoms with Crippen molar-refractivity contribution >= 4 is 35.8 Å². The minimum absolute atomic E-state index is 0. The van der Waals surface area contributed by atoms with Crippen molar-refractivity contribution in [2.75, 3.05) is 18.0 Å². The first-order chi connectivity index (χ1) is 15.2. The van der Waals surface area contributed by atoms with Crippen LogP contribution in [0.4, 0.5) is 5.82 Å². The van der Waals surface area contributed by atoms with Gasteiger partial charge in [0.1, 0.15) is 11.6 Å². The highest BCUT2D eigenvalue weighted by atomic mass is 127. The standard InChI is InChI=1S/C23H30N8.HI/c1-18-28-29-22(30(18)2)17-26-23(25-16-19-8-4-3-5-9-19)27-20-11-14-31(15-12-20)21-10-6-7-13-24-21;/h3-10,13,20H,11-12,14-17H2,1-2H3,(H2,25,26,27);1H. The number of hydrogen-bond donors (Lipinski definition) is 2. The first-order valence-corrected chi connectivity index (χ1v) is 10.8. The number of rotatable bonds is 6. The summed E-state index contributed by atoms with van der Waals surface area (Å²) in [5, 5.41) is 15.5. The molecule has 1 aliphatic rings. The number of halogens is 1. The maximum absolute atomic E-state index is 4.83. The van der Waals surface area contributed by atoms with E-state index < -0.39 is 0 Å². The maximum Gasteiger partial charge on any atom is 0.192 e. The third-order valence-electron chi connectivity index (χ3n) is 5.67. The second kappa shape index (κ2) is 11.8. The van der Waals surface area contributed by atoms with Crippen LogP contribution in [-0.2, 0) is 20.1 Å². The summed E-state index contributed by atoms with van der Waals surface area (Å²) in [7, 11) is 1.98.